The van der Waals surface area contributed by atoms with Crippen molar-refractivity contribution in [2.24, 2.45) is 5.92 Å². The van der Waals surface area contributed by atoms with Gasteiger partial charge in [-0.2, -0.15) is 0 Å². The molecule has 0 aromatic heterocycles. The molecule has 1 saturated heterocycles. The minimum atomic E-state index is -0.630. The van der Waals surface area contributed by atoms with Gasteiger partial charge in [-0.3, -0.25) is 9.69 Å². The van der Waals surface area contributed by atoms with Gasteiger partial charge in [-0.15, -0.1) is 0 Å². The van der Waals surface area contributed by atoms with Crippen LogP contribution in [0, 0.1) is 5.92 Å². The molecule has 4 atom stereocenters. The molecule has 16 heavy (non-hydrogen) atoms. The van der Waals surface area contributed by atoms with Crippen LogP contribution in [0.1, 0.15) is 33.1 Å². The van der Waals surface area contributed by atoms with Crippen molar-refractivity contribution in [3.63, 3.8) is 0 Å². The van der Waals surface area contributed by atoms with Gasteiger partial charge in [0.2, 0.25) is 0 Å². The summed E-state index contributed by atoms with van der Waals surface area (Å²) in [4.78, 5) is 13.5. The summed E-state index contributed by atoms with van der Waals surface area (Å²) < 4.78 is 5.68. The van der Waals surface area contributed by atoms with Crippen LogP contribution >= 0.6 is 0 Å². The molecule has 92 valence electrons. The highest BCUT2D eigenvalue weighted by Crippen LogP contribution is 2.31. The van der Waals surface area contributed by atoms with Crippen molar-refractivity contribution in [3.8, 4) is 0 Å². The third kappa shape index (κ3) is 2.38. The van der Waals surface area contributed by atoms with Crippen molar-refractivity contribution < 1.29 is 14.6 Å². The van der Waals surface area contributed by atoms with Gasteiger partial charge in [-0.1, -0.05) is 6.42 Å². The lowest BCUT2D eigenvalue weighted by molar-refractivity contribution is -0.145. The number of carboxylic acid groups (broad SMARTS) is 1. The Balaban J connectivity index is 2.02. The van der Waals surface area contributed by atoms with Gasteiger partial charge >= 0.3 is 5.97 Å². The van der Waals surface area contributed by atoms with E-state index in [-0.39, 0.29) is 24.2 Å². The maximum Gasteiger partial charge on any atom is 0.308 e. The van der Waals surface area contributed by atoms with E-state index in [2.05, 4.69) is 18.7 Å². The molecular weight excluding hydrogens is 206 g/mol. The Kier molecular flexibility index (Phi) is 3.50. The topological polar surface area (TPSA) is 49.8 Å². The lowest BCUT2D eigenvalue weighted by atomic mass is 10.0. The summed E-state index contributed by atoms with van der Waals surface area (Å²) in [5.74, 6) is -0.799. The van der Waals surface area contributed by atoms with E-state index in [4.69, 9.17) is 4.74 Å². The van der Waals surface area contributed by atoms with E-state index in [1.54, 1.807) is 0 Å². The van der Waals surface area contributed by atoms with Crippen molar-refractivity contribution in [2.45, 2.75) is 51.4 Å². The molecule has 4 nitrogen and oxygen atoms in total. The van der Waals surface area contributed by atoms with Gasteiger partial charge in [0.25, 0.3) is 0 Å². The van der Waals surface area contributed by atoms with Crippen LogP contribution in [0.5, 0.6) is 0 Å². The van der Waals surface area contributed by atoms with Gasteiger partial charge in [0.1, 0.15) is 0 Å². The minimum absolute atomic E-state index is 0.169. The van der Waals surface area contributed by atoms with Crippen LogP contribution in [0.2, 0.25) is 0 Å². The molecule has 0 aromatic rings. The highest BCUT2D eigenvalue weighted by molar-refractivity contribution is 5.71. The lowest BCUT2D eigenvalue weighted by Gasteiger charge is -2.40. The first kappa shape index (κ1) is 11.9. The van der Waals surface area contributed by atoms with E-state index < -0.39 is 5.97 Å². The molecule has 1 aliphatic heterocycles. The largest absolute Gasteiger partial charge is 0.481 e. The molecule has 2 aliphatic rings. The second-order valence-corrected chi connectivity index (χ2v) is 5.15. The predicted octanol–water partition coefficient (Wildman–Crippen LogP) is 1.35. The van der Waals surface area contributed by atoms with Crippen molar-refractivity contribution in [1.29, 1.82) is 0 Å². The highest BCUT2D eigenvalue weighted by Gasteiger charge is 2.39. The van der Waals surface area contributed by atoms with Crippen LogP contribution in [0.15, 0.2) is 0 Å². The minimum Gasteiger partial charge on any atom is -0.481 e. The number of carboxylic acids is 1. The Morgan fingerprint density at radius 3 is 2.44 bits per heavy atom. The summed E-state index contributed by atoms with van der Waals surface area (Å²) in [7, 11) is 0. The fraction of sp³-hybridized carbons (Fsp3) is 0.917. The monoisotopic (exact) mass is 227 g/mol. The normalized spacial score (nSPS) is 41.1. The molecule has 4 heteroatoms. The summed E-state index contributed by atoms with van der Waals surface area (Å²) in [6.45, 7) is 5.87. The van der Waals surface area contributed by atoms with E-state index in [0.29, 0.717) is 0 Å². The van der Waals surface area contributed by atoms with Crippen LogP contribution in [-0.4, -0.2) is 47.3 Å². The number of aliphatic carboxylic acids is 1. The molecule has 1 N–H and O–H groups in total. The first-order valence-corrected chi connectivity index (χ1v) is 6.20. The SMILES string of the molecule is C[C@@H]1CN(C2CCCC2C(=O)O)C[C@H](C)O1. The van der Waals surface area contributed by atoms with Crippen molar-refractivity contribution in [1.82, 2.24) is 4.90 Å². The number of carbonyl (C=O) groups is 1. The number of ether oxygens (including phenoxy) is 1. The Bertz CT molecular complexity index is 259. The number of rotatable bonds is 2. The van der Waals surface area contributed by atoms with E-state index in [9.17, 15) is 9.90 Å². The van der Waals surface area contributed by atoms with Crippen LogP contribution in [0.4, 0.5) is 0 Å². The van der Waals surface area contributed by atoms with Gasteiger partial charge in [-0.25, -0.2) is 0 Å². The molecule has 0 radical (unpaired) electrons. The van der Waals surface area contributed by atoms with Crippen LogP contribution in [-0.2, 0) is 9.53 Å². The van der Waals surface area contributed by atoms with Gasteiger partial charge in [0.05, 0.1) is 18.1 Å². The van der Waals surface area contributed by atoms with E-state index in [1.807, 2.05) is 0 Å². The average Bonchev–Trinajstić information content (AvgIpc) is 2.63. The number of hydrogen-bond donors (Lipinski definition) is 1. The smallest absolute Gasteiger partial charge is 0.308 e. The third-order valence-corrected chi connectivity index (χ3v) is 3.71. The van der Waals surface area contributed by atoms with E-state index in [1.165, 1.54) is 0 Å². The van der Waals surface area contributed by atoms with Gasteiger partial charge in [-0.05, 0) is 26.7 Å². The highest BCUT2D eigenvalue weighted by atomic mass is 16.5. The molecular formula is C12H21NO3. The average molecular weight is 227 g/mol. The summed E-state index contributed by atoms with van der Waals surface area (Å²) in [6, 6.07) is 0.228. The first-order chi connectivity index (χ1) is 7.58. The Morgan fingerprint density at radius 2 is 1.88 bits per heavy atom. The lowest BCUT2D eigenvalue weighted by Crippen LogP contribution is -2.52. The Labute approximate surface area is 96.6 Å². The molecule has 1 saturated carbocycles. The molecule has 0 bridgehead atoms. The first-order valence-electron chi connectivity index (χ1n) is 6.20. The van der Waals surface area contributed by atoms with E-state index >= 15 is 0 Å². The summed E-state index contributed by atoms with van der Waals surface area (Å²) >= 11 is 0. The van der Waals surface area contributed by atoms with Gasteiger partial charge < -0.3 is 9.84 Å². The van der Waals surface area contributed by atoms with Gasteiger partial charge in [0, 0.05) is 19.1 Å². The molecule has 2 unspecified atom stereocenters. The fourth-order valence-electron chi connectivity index (χ4n) is 3.15. The molecule has 0 amide bonds. The predicted molar refractivity (Wildman–Crippen MR) is 60.3 cm³/mol. The zero-order chi connectivity index (χ0) is 11.7. The summed E-state index contributed by atoms with van der Waals surface area (Å²) in [5.41, 5.74) is 0. The maximum atomic E-state index is 11.2. The Morgan fingerprint density at radius 1 is 1.25 bits per heavy atom. The Hall–Kier alpha value is -0.610. The van der Waals surface area contributed by atoms with Crippen molar-refractivity contribution in [3.05, 3.63) is 0 Å². The zero-order valence-electron chi connectivity index (χ0n) is 10.1. The quantitative estimate of drug-likeness (QED) is 0.773. The molecule has 2 fully saturated rings. The standard InChI is InChI=1S/C12H21NO3/c1-8-6-13(7-9(2)16-8)11-5-3-4-10(11)12(14)15/h8-11H,3-7H2,1-2H3,(H,14,15)/t8-,9+,10?,11?. The van der Waals surface area contributed by atoms with Crippen LogP contribution in [0.25, 0.3) is 0 Å². The second-order valence-electron chi connectivity index (χ2n) is 5.15. The number of nitrogens with zero attached hydrogens (tertiary/aromatic N) is 1. The third-order valence-electron chi connectivity index (χ3n) is 3.71. The fourth-order valence-corrected chi connectivity index (χ4v) is 3.15. The van der Waals surface area contributed by atoms with Crippen molar-refractivity contribution in [2.75, 3.05) is 13.1 Å². The molecule has 1 aliphatic carbocycles. The molecule has 0 spiro atoms. The molecule has 2 rings (SSSR count). The number of morpholine rings is 1. The van der Waals surface area contributed by atoms with Crippen LogP contribution in [0.3, 0.4) is 0 Å². The summed E-state index contributed by atoms with van der Waals surface area (Å²) in [6.07, 6.45) is 3.34. The number of hydrogen-bond acceptors (Lipinski definition) is 3. The maximum absolute atomic E-state index is 11.2. The van der Waals surface area contributed by atoms with Crippen molar-refractivity contribution >= 4 is 5.97 Å². The summed E-state index contributed by atoms with van der Waals surface area (Å²) in [5, 5.41) is 9.19. The van der Waals surface area contributed by atoms with Gasteiger partial charge in [0.15, 0.2) is 0 Å². The van der Waals surface area contributed by atoms with Crippen LogP contribution < -0.4 is 0 Å². The second kappa shape index (κ2) is 4.72. The molecule has 1 heterocycles. The molecule has 0 aromatic carbocycles. The zero-order valence-corrected chi connectivity index (χ0v) is 10.1. The van der Waals surface area contributed by atoms with E-state index in [0.717, 1.165) is 32.4 Å².